The van der Waals surface area contributed by atoms with Crippen molar-refractivity contribution in [3.63, 3.8) is 0 Å². The molecule has 0 radical (unpaired) electrons. The SMILES string of the molecule is COc1ccc([C@H]2C3=C(N[C@@H]4SCC(=O)N42)C(=C2SCCS2)CCC3)cc1. The van der Waals surface area contributed by atoms with E-state index in [0.717, 1.165) is 25.0 Å². The van der Waals surface area contributed by atoms with Gasteiger partial charge >= 0.3 is 0 Å². The largest absolute Gasteiger partial charge is 0.497 e. The van der Waals surface area contributed by atoms with Gasteiger partial charge in [0.25, 0.3) is 0 Å². The van der Waals surface area contributed by atoms with Gasteiger partial charge in [-0.15, -0.1) is 35.3 Å². The summed E-state index contributed by atoms with van der Waals surface area (Å²) < 4.78 is 6.83. The van der Waals surface area contributed by atoms with Gasteiger partial charge in [-0.05, 0) is 48.1 Å². The van der Waals surface area contributed by atoms with Gasteiger partial charge in [0.2, 0.25) is 5.91 Å². The number of amides is 1. The Labute approximate surface area is 172 Å². The van der Waals surface area contributed by atoms with E-state index < -0.39 is 0 Å². The Balaban J connectivity index is 1.63. The van der Waals surface area contributed by atoms with Crippen LogP contribution in [-0.2, 0) is 4.79 Å². The van der Waals surface area contributed by atoms with Crippen LogP contribution >= 0.6 is 35.3 Å². The molecule has 2 fully saturated rings. The van der Waals surface area contributed by atoms with Gasteiger partial charge in [-0.1, -0.05) is 12.1 Å². The van der Waals surface area contributed by atoms with Gasteiger partial charge in [-0.2, -0.15) is 0 Å². The molecule has 0 spiro atoms. The Kier molecular flexibility index (Phi) is 4.86. The third-order valence-corrected chi connectivity index (χ3v) is 9.38. The number of hydrogen-bond acceptors (Lipinski definition) is 6. The molecule has 4 nitrogen and oxygen atoms in total. The zero-order chi connectivity index (χ0) is 18.4. The van der Waals surface area contributed by atoms with Crippen molar-refractivity contribution in [2.45, 2.75) is 30.8 Å². The predicted octanol–water partition coefficient (Wildman–Crippen LogP) is 4.33. The lowest BCUT2D eigenvalue weighted by Gasteiger charge is -2.44. The van der Waals surface area contributed by atoms with Gasteiger partial charge in [0.15, 0.2) is 5.50 Å². The molecule has 27 heavy (non-hydrogen) atoms. The molecule has 7 heteroatoms. The topological polar surface area (TPSA) is 41.6 Å². The number of nitrogens with zero attached hydrogens (tertiary/aromatic N) is 1. The highest BCUT2D eigenvalue weighted by molar-refractivity contribution is 8.25. The number of carbonyl (C=O) groups is 1. The fourth-order valence-corrected chi connectivity index (χ4v) is 7.99. The van der Waals surface area contributed by atoms with Crippen LogP contribution in [0.4, 0.5) is 0 Å². The first-order valence-electron chi connectivity index (χ1n) is 9.31. The maximum Gasteiger partial charge on any atom is 0.235 e. The highest BCUT2D eigenvalue weighted by Crippen LogP contribution is 2.50. The molecular formula is C20H22N2O2S3. The van der Waals surface area contributed by atoms with Crippen molar-refractivity contribution in [3.8, 4) is 5.75 Å². The van der Waals surface area contributed by atoms with Crippen molar-refractivity contribution in [2.75, 3.05) is 24.4 Å². The summed E-state index contributed by atoms with van der Waals surface area (Å²) in [6, 6.07) is 8.28. The summed E-state index contributed by atoms with van der Waals surface area (Å²) in [5.41, 5.74) is 5.41. The minimum absolute atomic E-state index is 0.0342. The molecule has 3 heterocycles. The van der Waals surface area contributed by atoms with Crippen molar-refractivity contribution in [3.05, 3.63) is 50.9 Å². The van der Waals surface area contributed by atoms with Gasteiger partial charge in [-0.3, -0.25) is 4.79 Å². The maximum absolute atomic E-state index is 12.7. The van der Waals surface area contributed by atoms with Gasteiger partial charge in [0.1, 0.15) is 5.75 Å². The van der Waals surface area contributed by atoms with E-state index in [0.29, 0.717) is 5.75 Å². The molecule has 1 aliphatic carbocycles. The number of thioether (sulfide) groups is 3. The van der Waals surface area contributed by atoms with E-state index >= 15 is 0 Å². The molecule has 0 aromatic heterocycles. The normalized spacial score (nSPS) is 27.6. The van der Waals surface area contributed by atoms with E-state index in [-0.39, 0.29) is 17.4 Å². The molecule has 1 aromatic carbocycles. The number of benzene rings is 1. The van der Waals surface area contributed by atoms with Gasteiger partial charge in [0, 0.05) is 21.4 Å². The van der Waals surface area contributed by atoms with Gasteiger partial charge in [0.05, 0.1) is 18.9 Å². The Morgan fingerprint density at radius 1 is 1.15 bits per heavy atom. The van der Waals surface area contributed by atoms with Crippen LogP contribution in [0.25, 0.3) is 0 Å². The van der Waals surface area contributed by atoms with Crippen molar-refractivity contribution in [2.24, 2.45) is 0 Å². The zero-order valence-corrected chi connectivity index (χ0v) is 17.6. The number of hydrogen-bond donors (Lipinski definition) is 1. The van der Waals surface area contributed by atoms with E-state index in [1.807, 2.05) is 35.7 Å². The quantitative estimate of drug-likeness (QED) is 0.771. The van der Waals surface area contributed by atoms with Crippen molar-refractivity contribution in [1.29, 1.82) is 0 Å². The second kappa shape index (κ2) is 7.33. The van der Waals surface area contributed by atoms with E-state index in [9.17, 15) is 4.79 Å². The summed E-state index contributed by atoms with van der Waals surface area (Å²) in [5.74, 6) is 4.05. The smallest absolute Gasteiger partial charge is 0.235 e. The van der Waals surface area contributed by atoms with E-state index in [2.05, 4.69) is 22.3 Å². The van der Waals surface area contributed by atoms with Crippen LogP contribution in [0.5, 0.6) is 5.75 Å². The average Bonchev–Trinajstić information content (AvgIpc) is 3.37. The third kappa shape index (κ3) is 3.08. The third-order valence-electron chi connectivity index (χ3n) is 5.50. The molecule has 1 N–H and O–H groups in total. The lowest BCUT2D eigenvalue weighted by molar-refractivity contribution is -0.130. The first kappa shape index (κ1) is 17.9. The number of nitrogens with one attached hydrogen (secondary N) is 1. The summed E-state index contributed by atoms with van der Waals surface area (Å²) in [4.78, 5) is 14.8. The number of allylic oxidation sites excluding steroid dienone is 1. The summed E-state index contributed by atoms with van der Waals surface area (Å²) in [6.45, 7) is 0. The molecule has 3 aliphatic heterocycles. The Bertz CT molecular complexity index is 826. The van der Waals surface area contributed by atoms with Crippen LogP contribution in [0.15, 0.2) is 45.3 Å². The van der Waals surface area contributed by atoms with Crippen LogP contribution in [0.3, 0.4) is 0 Å². The van der Waals surface area contributed by atoms with E-state index in [4.69, 9.17) is 4.74 Å². The number of ether oxygens (including phenoxy) is 1. The Morgan fingerprint density at radius 3 is 2.67 bits per heavy atom. The van der Waals surface area contributed by atoms with Crippen LogP contribution < -0.4 is 10.1 Å². The standard InChI is InChI=1S/C20H22N2O2S3/c1-24-13-7-5-12(6-8-13)18-14-3-2-4-15(19-25-9-10-26-19)17(14)21-20-22(18)16(23)11-27-20/h5-8,18,20-21H,2-4,9-11H2,1H3/t18-,20-/m0/s1. The molecule has 0 unspecified atom stereocenters. The lowest BCUT2D eigenvalue weighted by Crippen LogP contribution is -2.50. The minimum atomic E-state index is 0.0342. The summed E-state index contributed by atoms with van der Waals surface area (Å²) in [7, 11) is 1.69. The molecule has 4 aliphatic rings. The fraction of sp³-hybridized carbons (Fsp3) is 0.450. The second-order valence-corrected chi connectivity index (χ2v) is 10.5. The number of carbonyl (C=O) groups excluding carboxylic acids is 1. The lowest BCUT2D eigenvalue weighted by atomic mass is 9.83. The van der Waals surface area contributed by atoms with Crippen LogP contribution in [0, 0.1) is 0 Å². The van der Waals surface area contributed by atoms with Crippen LogP contribution in [0.2, 0.25) is 0 Å². The first-order valence-corrected chi connectivity index (χ1v) is 12.3. The Morgan fingerprint density at radius 2 is 1.93 bits per heavy atom. The maximum atomic E-state index is 12.7. The van der Waals surface area contributed by atoms with Crippen LogP contribution in [0.1, 0.15) is 30.9 Å². The number of methoxy groups -OCH3 is 1. The van der Waals surface area contributed by atoms with Gasteiger partial charge < -0.3 is 15.0 Å². The van der Waals surface area contributed by atoms with Gasteiger partial charge in [-0.25, -0.2) is 0 Å². The highest BCUT2D eigenvalue weighted by atomic mass is 32.2. The molecule has 2 atom stereocenters. The zero-order valence-electron chi connectivity index (χ0n) is 15.2. The second-order valence-electron chi connectivity index (χ2n) is 7.00. The average molecular weight is 419 g/mol. The monoisotopic (exact) mass is 418 g/mol. The molecule has 5 rings (SSSR count). The molecular weight excluding hydrogens is 396 g/mol. The number of fused-ring (bicyclic) bond motifs is 1. The highest BCUT2D eigenvalue weighted by Gasteiger charge is 2.45. The minimum Gasteiger partial charge on any atom is -0.497 e. The molecule has 2 saturated heterocycles. The summed E-state index contributed by atoms with van der Waals surface area (Å²) >= 11 is 5.70. The number of rotatable bonds is 2. The summed E-state index contributed by atoms with van der Waals surface area (Å²) in [6.07, 6.45) is 3.35. The fourth-order valence-electron chi connectivity index (χ4n) is 4.31. The Hall–Kier alpha value is -1.18. The molecule has 1 amide bonds. The predicted molar refractivity (Wildman–Crippen MR) is 115 cm³/mol. The molecule has 1 aromatic rings. The molecule has 142 valence electrons. The first-order chi connectivity index (χ1) is 13.3. The summed E-state index contributed by atoms with van der Waals surface area (Å²) in [5, 5.41) is 3.74. The van der Waals surface area contributed by atoms with Crippen molar-refractivity contribution < 1.29 is 9.53 Å². The molecule has 0 saturated carbocycles. The van der Waals surface area contributed by atoms with E-state index in [1.54, 1.807) is 18.9 Å². The van der Waals surface area contributed by atoms with Crippen molar-refractivity contribution >= 4 is 41.2 Å². The molecule has 0 bridgehead atoms. The van der Waals surface area contributed by atoms with E-state index in [1.165, 1.54) is 38.1 Å². The van der Waals surface area contributed by atoms with Crippen molar-refractivity contribution in [1.82, 2.24) is 10.2 Å². The van der Waals surface area contributed by atoms with Crippen LogP contribution in [-0.4, -0.2) is 40.7 Å².